The molecule has 0 aromatic heterocycles. The van der Waals surface area contributed by atoms with Gasteiger partial charge in [0.2, 0.25) is 5.12 Å². The minimum Gasteiger partial charge on any atom is -0.444 e. The maximum atomic E-state index is 11.2. The van der Waals surface area contributed by atoms with Crippen molar-refractivity contribution < 1.29 is 14.3 Å². The van der Waals surface area contributed by atoms with Gasteiger partial charge in [0, 0.05) is 0 Å². The van der Waals surface area contributed by atoms with Gasteiger partial charge in [-0.05, 0) is 27.2 Å². The van der Waals surface area contributed by atoms with Crippen molar-refractivity contribution in [1.82, 2.24) is 5.32 Å². The average Bonchev–Trinajstić information content (AvgIpc) is 1.96. The molecule has 0 radical (unpaired) electrons. The number of ether oxygens (including phenoxy) is 1. The number of rotatable bonds is 3. The van der Waals surface area contributed by atoms with E-state index in [4.69, 9.17) is 4.74 Å². The minimum absolute atomic E-state index is 0.363. The Morgan fingerprint density at radius 3 is 2.21 bits per heavy atom. The summed E-state index contributed by atoms with van der Waals surface area (Å²) in [6.07, 6.45) is -0.0894. The summed E-state index contributed by atoms with van der Waals surface area (Å²) >= 11 is 3.65. The van der Waals surface area contributed by atoms with Crippen molar-refractivity contribution in [3.8, 4) is 0 Å². The Kier molecular flexibility index (Phi) is 4.97. The SMILES string of the molecule is CCC(NC(=O)OC(C)(C)C)C(=O)S. The lowest BCUT2D eigenvalue weighted by atomic mass is 10.2. The summed E-state index contributed by atoms with van der Waals surface area (Å²) in [5.74, 6) is 0. The molecule has 0 aliphatic heterocycles. The number of hydrogen-bond donors (Lipinski definition) is 2. The summed E-state index contributed by atoms with van der Waals surface area (Å²) in [5, 5.41) is 2.07. The zero-order valence-corrected chi connectivity index (χ0v) is 9.85. The van der Waals surface area contributed by atoms with Crippen molar-refractivity contribution in [3.63, 3.8) is 0 Å². The van der Waals surface area contributed by atoms with E-state index < -0.39 is 17.7 Å². The van der Waals surface area contributed by atoms with Crippen LogP contribution >= 0.6 is 12.6 Å². The van der Waals surface area contributed by atoms with Gasteiger partial charge in [0.05, 0.1) is 0 Å². The second-order valence-electron chi connectivity index (χ2n) is 3.95. The topological polar surface area (TPSA) is 55.4 Å². The van der Waals surface area contributed by atoms with Gasteiger partial charge in [-0.3, -0.25) is 4.79 Å². The van der Waals surface area contributed by atoms with Gasteiger partial charge in [-0.1, -0.05) is 6.92 Å². The fourth-order valence-electron chi connectivity index (χ4n) is 0.788. The van der Waals surface area contributed by atoms with E-state index in [0.717, 1.165) is 0 Å². The van der Waals surface area contributed by atoms with E-state index in [1.807, 2.05) is 0 Å². The first kappa shape index (κ1) is 13.3. The summed E-state index contributed by atoms with van der Waals surface area (Å²) in [6.45, 7) is 7.07. The second kappa shape index (κ2) is 5.24. The van der Waals surface area contributed by atoms with Gasteiger partial charge in [-0.25, -0.2) is 4.79 Å². The number of thiol groups is 1. The molecule has 0 aliphatic rings. The Morgan fingerprint density at radius 2 is 1.93 bits per heavy atom. The smallest absolute Gasteiger partial charge is 0.408 e. The minimum atomic E-state index is -0.591. The van der Waals surface area contributed by atoms with E-state index >= 15 is 0 Å². The van der Waals surface area contributed by atoms with Gasteiger partial charge >= 0.3 is 6.09 Å². The quantitative estimate of drug-likeness (QED) is 0.711. The van der Waals surface area contributed by atoms with Crippen LogP contribution in [-0.2, 0) is 9.53 Å². The van der Waals surface area contributed by atoms with Crippen LogP contribution in [0.1, 0.15) is 34.1 Å². The lowest BCUT2D eigenvalue weighted by Gasteiger charge is -2.21. The number of hydrogen-bond acceptors (Lipinski definition) is 3. The van der Waals surface area contributed by atoms with Gasteiger partial charge in [-0.15, -0.1) is 12.6 Å². The second-order valence-corrected chi connectivity index (χ2v) is 4.39. The van der Waals surface area contributed by atoms with Crippen molar-refractivity contribution in [3.05, 3.63) is 0 Å². The third-order valence-corrected chi connectivity index (χ3v) is 1.71. The highest BCUT2D eigenvalue weighted by atomic mass is 32.1. The van der Waals surface area contributed by atoms with Gasteiger partial charge < -0.3 is 10.1 Å². The molecule has 0 saturated carbocycles. The molecule has 0 bridgehead atoms. The number of amides is 1. The van der Waals surface area contributed by atoms with Crippen molar-refractivity contribution in [2.45, 2.75) is 45.8 Å². The molecule has 14 heavy (non-hydrogen) atoms. The van der Waals surface area contributed by atoms with Crippen LogP contribution in [0.2, 0.25) is 0 Å². The van der Waals surface area contributed by atoms with E-state index in [2.05, 4.69) is 17.9 Å². The summed E-state index contributed by atoms with van der Waals surface area (Å²) in [4.78, 5) is 22.1. The third kappa shape index (κ3) is 5.85. The van der Waals surface area contributed by atoms with Crippen LogP contribution in [0.5, 0.6) is 0 Å². The van der Waals surface area contributed by atoms with Gasteiger partial charge in [0.1, 0.15) is 11.6 Å². The van der Waals surface area contributed by atoms with Gasteiger partial charge in [0.25, 0.3) is 0 Å². The fraction of sp³-hybridized carbons (Fsp3) is 0.778. The molecular weight excluding hydrogens is 202 g/mol. The molecule has 1 N–H and O–H groups in total. The Hall–Kier alpha value is -0.710. The van der Waals surface area contributed by atoms with Gasteiger partial charge in [-0.2, -0.15) is 0 Å². The third-order valence-electron chi connectivity index (χ3n) is 1.40. The molecule has 0 aliphatic carbocycles. The first-order chi connectivity index (χ1) is 6.26. The molecular formula is C9H17NO3S. The van der Waals surface area contributed by atoms with Gasteiger partial charge in [0.15, 0.2) is 0 Å². The van der Waals surface area contributed by atoms with E-state index in [1.165, 1.54) is 0 Å². The Balaban J connectivity index is 4.11. The molecule has 0 heterocycles. The molecule has 1 atom stereocenters. The van der Waals surface area contributed by atoms with Crippen LogP contribution in [-0.4, -0.2) is 22.9 Å². The molecule has 4 nitrogen and oxygen atoms in total. The van der Waals surface area contributed by atoms with Crippen LogP contribution in [0.25, 0.3) is 0 Å². The highest BCUT2D eigenvalue weighted by molar-refractivity contribution is 7.96. The first-order valence-corrected chi connectivity index (χ1v) is 4.93. The zero-order valence-electron chi connectivity index (χ0n) is 8.96. The van der Waals surface area contributed by atoms with Crippen LogP contribution in [0, 0.1) is 0 Å². The Morgan fingerprint density at radius 1 is 1.43 bits per heavy atom. The Bertz CT molecular complexity index is 223. The molecule has 0 aromatic rings. The highest BCUT2D eigenvalue weighted by Crippen LogP contribution is 2.07. The predicted octanol–water partition coefficient (Wildman–Crippen LogP) is 1.75. The molecule has 5 heteroatoms. The van der Waals surface area contributed by atoms with Crippen LogP contribution in [0.15, 0.2) is 0 Å². The van der Waals surface area contributed by atoms with E-state index in [9.17, 15) is 9.59 Å². The largest absolute Gasteiger partial charge is 0.444 e. The maximum Gasteiger partial charge on any atom is 0.408 e. The molecule has 0 saturated heterocycles. The summed E-state index contributed by atoms with van der Waals surface area (Å²) in [7, 11) is 0. The van der Waals surface area contributed by atoms with Crippen molar-refractivity contribution in [2.24, 2.45) is 0 Å². The predicted molar refractivity (Wildman–Crippen MR) is 57.4 cm³/mol. The fourth-order valence-corrected chi connectivity index (χ4v) is 1.04. The molecule has 1 unspecified atom stereocenters. The number of carbonyl (C=O) groups is 2. The molecule has 1 amide bonds. The van der Waals surface area contributed by atoms with Crippen molar-refractivity contribution >= 4 is 23.8 Å². The molecule has 0 rings (SSSR count). The van der Waals surface area contributed by atoms with Crippen LogP contribution in [0.3, 0.4) is 0 Å². The lowest BCUT2D eigenvalue weighted by molar-refractivity contribution is -0.112. The molecule has 0 spiro atoms. The molecule has 0 fully saturated rings. The zero-order chi connectivity index (χ0) is 11.4. The monoisotopic (exact) mass is 219 g/mol. The lowest BCUT2D eigenvalue weighted by Crippen LogP contribution is -2.41. The summed E-state index contributed by atoms with van der Waals surface area (Å²) in [6, 6.07) is -0.576. The van der Waals surface area contributed by atoms with Crippen LogP contribution < -0.4 is 5.32 Å². The van der Waals surface area contributed by atoms with E-state index in [1.54, 1.807) is 27.7 Å². The van der Waals surface area contributed by atoms with Crippen LogP contribution in [0.4, 0.5) is 4.79 Å². The molecule has 0 aromatic carbocycles. The normalized spacial score (nSPS) is 13.2. The first-order valence-electron chi connectivity index (χ1n) is 4.48. The number of alkyl carbamates (subject to hydrolysis) is 1. The maximum absolute atomic E-state index is 11.2. The Labute approximate surface area is 89.8 Å². The van der Waals surface area contributed by atoms with E-state index in [0.29, 0.717) is 6.42 Å². The van der Waals surface area contributed by atoms with Crippen molar-refractivity contribution in [2.75, 3.05) is 0 Å². The number of nitrogens with one attached hydrogen (secondary N) is 1. The van der Waals surface area contributed by atoms with E-state index in [-0.39, 0.29) is 5.12 Å². The van der Waals surface area contributed by atoms with Crippen molar-refractivity contribution in [1.29, 1.82) is 0 Å². The standard InChI is InChI=1S/C9H17NO3S/c1-5-6(7(11)14)10-8(12)13-9(2,3)4/h6H,5H2,1-4H3,(H,10,12)(H,11,14). The molecule has 82 valence electrons. The highest BCUT2D eigenvalue weighted by Gasteiger charge is 2.20. The number of carbonyl (C=O) groups excluding carboxylic acids is 2. The average molecular weight is 219 g/mol. The summed E-state index contributed by atoms with van der Waals surface area (Å²) < 4.78 is 4.98. The summed E-state index contributed by atoms with van der Waals surface area (Å²) in [5.41, 5.74) is -0.554.